The Morgan fingerprint density at radius 1 is 1.05 bits per heavy atom. The molecule has 1 aliphatic rings. The van der Waals surface area contributed by atoms with E-state index in [-0.39, 0.29) is 0 Å². The lowest BCUT2D eigenvalue weighted by Crippen LogP contribution is -2.39. The number of hydrogen-bond acceptors (Lipinski definition) is 2. The van der Waals surface area contributed by atoms with Crippen LogP contribution >= 0.6 is 0 Å². The van der Waals surface area contributed by atoms with Gasteiger partial charge in [-0.3, -0.25) is 0 Å². The van der Waals surface area contributed by atoms with Crippen molar-refractivity contribution in [2.24, 2.45) is 11.8 Å². The third kappa shape index (κ3) is 8.83. The first-order valence-electron chi connectivity index (χ1n) is 9.29. The van der Waals surface area contributed by atoms with Crippen LogP contribution in [0.1, 0.15) is 72.6 Å². The predicted octanol–water partition coefficient (Wildman–Crippen LogP) is 4.51. The van der Waals surface area contributed by atoms with Gasteiger partial charge < -0.3 is 10.2 Å². The Balaban J connectivity index is 2.33. The van der Waals surface area contributed by atoms with E-state index in [9.17, 15) is 0 Å². The van der Waals surface area contributed by atoms with Crippen molar-refractivity contribution in [2.45, 2.75) is 84.7 Å². The van der Waals surface area contributed by atoms with Crippen LogP contribution in [0.15, 0.2) is 0 Å². The lowest BCUT2D eigenvalue weighted by Gasteiger charge is -2.31. The van der Waals surface area contributed by atoms with E-state index in [1.165, 1.54) is 64.6 Å². The smallest absolute Gasteiger partial charge is 0.0111 e. The molecule has 1 fully saturated rings. The molecule has 0 aromatic carbocycles. The number of hydrogen-bond donors (Lipinski definition) is 1. The molecular weight excluding hydrogens is 256 g/mol. The summed E-state index contributed by atoms with van der Waals surface area (Å²) in [5.74, 6) is 1.63. The summed E-state index contributed by atoms with van der Waals surface area (Å²) in [5.41, 5.74) is 0. The van der Waals surface area contributed by atoms with Gasteiger partial charge in [-0.2, -0.15) is 0 Å². The fourth-order valence-electron chi connectivity index (χ4n) is 3.20. The van der Waals surface area contributed by atoms with Gasteiger partial charge in [0.15, 0.2) is 0 Å². The third-order valence-electron chi connectivity index (χ3n) is 4.71. The quantitative estimate of drug-likeness (QED) is 0.564. The van der Waals surface area contributed by atoms with Crippen LogP contribution in [-0.2, 0) is 0 Å². The molecule has 2 unspecified atom stereocenters. The lowest BCUT2D eigenvalue weighted by molar-refractivity contribution is 0.192. The van der Waals surface area contributed by atoms with Gasteiger partial charge >= 0.3 is 0 Å². The minimum atomic E-state index is 0.485. The highest BCUT2D eigenvalue weighted by atomic mass is 15.1. The summed E-state index contributed by atoms with van der Waals surface area (Å²) in [6, 6.07) is 1.20. The molecule has 0 aromatic rings. The molecule has 1 radical (unpaired) electrons. The van der Waals surface area contributed by atoms with Crippen molar-refractivity contribution in [1.29, 1.82) is 0 Å². The van der Waals surface area contributed by atoms with Crippen LogP contribution in [0.2, 0.25) is 0 Å². The Hall–Kier alpha value is -0.0800. The van der Waals surface area contributed by atoms with Crippen molar-refractivity contribution in [1.82, 2.24) is 10.2 Å². The highest BCUT2D eigenvalue weighted by Crippen LogP contribution is 2.17. The summed E-state index contributed by atoms with van der Waals surface area (Å²) in [6.07, 6.45) is 9.28. The minimum Gasteiger partial charge on any atom is -0.314 e. The Labute approximate surface area is 134 Å². The minimum absolute atomic E-state index is 0.485. The summed E-state index contributed by atoms with van der Waals surface area (Å²) in [5, 5.41) is 3.62. The van der Waals surface area contributed by atoms with Gasteiger partial charge in [-0.05, 0) is 70.5 Å². The Morgan fingerprint density at radius 2 is 1.76 bits per heavy atom. The largest absolute Gasteiger partial charge is 0.314 e. The first-order valence-corrected chi connectivity index (χ1v) is 9.29. The fourth-order valence-corrected chi connectivity index (χ4v) is 3.20. The Bertz CT molecular complexity index is 244. The molecule has 1 rings (SSSR count). The molecule has 0 spiro atoms. The molecule has 0 bridgehead atoms. The van der Waals surface area contributed by atoms with E-state index in [2.05, 4.69) is 44.8 Å². The Morgan fingerprint density at radius 3 is 2.33 bits per heavy atom. The highest BCUT2D eigenvalue weighted by molar-refractivity contribution is 4.83. The molecule has 1 N–H and O–H groups in total. The summed E-state index contributed by atoms with van der Waals surface area (Å²) in [7, 11) is 0. The summed E-state index contributed by atoms with van der Waals surface area (Å²) in [6.45, 7) is 17.5. The van der Waals surface area contributed by atoms with Crippen molar-refractivity contribution in [2.75, 3.05) is 19.6 Å². The normalized spacial score (nSPS) is 20.9. The van der Waals surface area contributed by atoms with Crippen LogP contribution in [0.5, 0.6) is 0 Å². The Kier molecular flexibility index (Phi) is 9.59. The molecule has 2 heteroatoms. The van der Waals surface area contributed by atoms with Crippen LogP contribution < -0.4 is 5.32 Å². The molecule has 0 aromatic heterocycles. The molecule has 0 aliphatic carbocycles. The fraction of sp³-hybridized carbons (Fsp3) is 0.947. The van der Waals surface area contributed by atoms with Crippen LogP contribution in [-0.4, -0.2) is 36.6 Å². The maximum absolute atomic E-state index is 4.48. The van der Waals surface area contributed by atoms with Gasteiger partial charge in [0.2, 0.25) is 0 Å². The third-order valence-corrected chi connectivity index (χ3v) is 4.71. The molecule has 125 valence electrons. The molecule has 21 heavy (non-hydrogen) atoms. The second kappa shape index (κ2) is 10.6. The first-order chi connectivity index (χ1) is 9.99. The zero-order valence-corrected chi connectivity index (χ0v) is 15.0. The second-order valence-electron chi connectivity index (χ2n) is 7.79. The monoisotopic (exact) mass is 295 g/mol. The highest BCUT2D eigenvalue weighted by Gasteiger charge is 2.21. The van der Waals surface area contributed by atoms with Crippen LogP contribution in [0.3, 0.4) is 0 Å². The van der Waals surface area contributed by atoms with Crippen molar-refractivity contribution >= 4 is 0 Å². The van der Waals surface area contributed by atoms with Crippen LogP contribution in [0, 0.1) is 18.8 Å². The lowest BCUT2D eigenvalue weighted by atomic mass is 10.0. The zero-order chi connectivity index (χ0) is 15.7. The van der Waals surface area contributed by atoms with E-state index in [0.29, 0.717) is 12.1 Å². The molecule has 2 nitrogen and oxygen atoms in total. The topological polar surface area (TPSA) is 15.3 Å². The van der Waals surface area contributed by atoms with Gasteiger partial charge in [-0.15, -0.1) is 0 Å². The number of unbranched alkanes of at least 4 members (excludes halogenated alkanes) is 1. The van der Waals surface area contributed by atoms with Gasteiger partial charge in [0.25, 0.3) is 0 Å². The van der Waals surface area contributed by atoms with Gasteiger partial charge in [0.1, 0.15) is 0 Å². The van der Waals surface area contributed by atoms with Crippen molar-refractivity contribution in [3.63, 3.8) is 0 Å². The van der Waals surface area contributed by atoms with Crippen LogP contribution in [0.25, 0.3) is 0 Å². The van der Waals surface area contributed by atoms with Crippen molar-refractivity contribution in [3.05, 3.63) is 6.92 Å². The van der Waals surface area contributed by atoms with E-state index >= 15 is 0 Å². The first kappa shape index (κ1) is 19.0. The summed E-state index contributed by atoms with van der Waals surface area (Å²) in [4.78, 5) is 2.65. The van der Waals surface area contributed by atoms with E-state index in [1.54, 1.807) is 0 Å². The summed E-state index contributed by atoms with van der Waals surface area (Å²) < 4.78 is 0. The van der Waals surface area contributed by atoms with E-state index in [4.69, 9.17) is 0 Å². The average molecular weight is 296 g/mol. The predicted molar refractivity (Wildman–Crippen MR) is 94.5 cm³/mol. The van der Waals surface area contributed by atoms with Gasteiger partial charge in [-0.25, -0.2) is 0 Å². The molecule has 0 saturated carbocycles. The average Bonchev–Trinajstić information content (AvgIpc) is 2.89. The number of rotatable bonds is 11. The van der Waals surface area contributed by atoms with E-state index in [0.717, 1.165) is 11.8 Å². The molecule has 2 atom stereocenters. The molecular formula is C19H39N2. The van der Waals surface area contributed by atoms with Gasteiger partial charge in [0.05, 0.1) is 0 Å². The summed E-state index contributed by atoms with van der Waals surface area (Å²) >= 11 is 0. The maximum Gasteiger partial charge on any atom is 0.0111 e. The molecule has 1 aliphatic heterocycles. The van der Waals surface area contributed by atoms with E-state index in [1.807, 2.05) is 0 Å². The molecule has 1 heterocycles. The second-order valence-corrected chi connectivity index (χ2v) is 7.79. The van der Waals surface area contributed by atoms with Gasteiger partial charge in [-0.1, -0.05) is 40.5 Å². The maximum atomic E-state index is 4.48. The van der Waals surface area contributed by atoms with E-state index < -0.39 is 0 Å². The molecule has 0 amide bonds. The standard InChI is InChI=1S/C19H39N2/c1-16(2)9-6-7-13-21(14-11-17(3)4)18(5)15-19-10-8-12-20-19/h16-20H,5-15H2,1-4H3. The number of nitrogens with one attached hydrogen (secondary N) is 1. The SMILES string of the molecule is [CH2]C(CC1CCCN1)N(CCCCC(C)C)CCC(C)C. The van der Waals surface area contributed by atoms with Crippen LogP contribution in [0.4, 0.5) is 0 Å². The van der Waals surface area contributed by atoms with Crippen molar-refractivity contribution in [3.8, 4) is 0 Å². The van der Waals surface area contributed by atoms with Gasteiger partial charge in [0, 0.05) is 12.1 Å². The molecule has 1 saturated heterocycles. The zero-order valence-electron chi connectivity index (χ0n) is 15.0. The number of nitrogens with zero attached hydrogens (tertiary/aromatic N) is 1. The van der Waals surface area contributed by atoms with Crippen molar-refractivity contribution < 1.29 is 0 Å².